The Labute approximate surface area is 94.5 Å². The molecule has 0 spiro atoms. The van der Waals surface area contributed by atoms with Crippen LogP contribution in [0, 0.1) is 0 Å². The second-order valence-electron chi connectivity index (χ2n) is 3.72. The number of aliphatic hydroxyl groups excluding tert-OH is 1. The van der Waals surface area contributed by atoms with Crippen molar-refractivity contribution < 1.29 is 19.7 Å². The molecule has 0 saturated heterocycles. The van der Waals surface area contributed by atoms with E-state index in [-0.39, 0.29) is 19.0 Å². The third-order valence-corrected chi connectivity index (χ3v) is 2.46. The molecule has 4 nitrogen and oxygen atoms in total. The Morgan fingerprint density at radius 1 is 1.38 bits per heavy atom. The van der Waals surface area contributed by atoms with Crippen LogP contribution < -0.4 is 4.74 Å². The van der Waals surface area contributed by atoms with Gasteiger partial charge >= 0.3 is 0 Å². The van der Waals surface area contributed by atoms with Gasteiger partial charge in [-0.3, -0.25) is 4.79 Å². The molecular formula is C12H16O4. The van der Waals surface area contributed by atoms with Crippen LogP contribution in [0.2, 0.25) is 0 Å². The molecule has 1 atom stereocenters. The molecule has 0 aromatic heterocycles. The lowest BCUT2D eigenvalue weighted by atomic mass is 9.92. The van der Waals surface area contributed by atoms with E-state index >= 15 is 0 Å². The van der Waals surface area contributed by atoms with Crippen LogP contribution in [0.4, 0.5) is 0 Å². The summed E-state index contributed by atoms with van der Waals surface area (Å²) in [6.07, 6.45) is 0. The van der Waals surface area contributed by atoms with Crippen molar-refractivity contribution in [2.45, 2.75) is 19.4 Å². The maximum atomic E-state index is 11.2. The summed E-state index contributed by atoms with van der Waals surface area (Å²) in [5.74, 6) is 0.286. The first kappa shape index (κ1) is 12.7. The topological polar surface area (TPSA) is 66.8 Å². The molecule has 2 N–H and O–H groups in total. The van der Waals surface area contributed by atoms with Gasteiger partial charge in [0.25, 0.3) is 0 Å². The first-order valence-electron chi connectivity index (χ1n) is 5.06. The number of Topliss-reactive ketones (excluding diaryl/α,β-unsaturated/α-hetero) is 1. The normalized spacial score (nSPS) is 14.2. The van der Waals surface area contributed by atoms with Crippen LogP contribution in [0.1, 0.15) is 19.4 Å². The van der Waals surface area contributed by atoms with E-state index in [0.29, 0.717) is 11.3 Å². The summed E-state index contributed by atoms with van der Waals surface area (Å²) >= 11 is 0. The lowest BCUT2D eigenvalue weighted by molar-refractivity contribution is -0.134. The van der Waals surface area contributed by atoms with Crippen LogP contribution in [0.15, 0.2) is 24.3 Å². The van der Waals surface area contributed by atoms with E-state index in [1.54, 1.807) is 24.3 Å². The molecule has 1 aromatic carbocycles. The highest BCUT2D eigenvalue weighted by Crippen LogP contribution is 2.23. The Balaban J connectivity index is 2.82. The van der Waals surface area contributed by atoms with Gasteiger partial charge in [-0.1, -0.05) is 12.1 Å². The van der Waals surface area contributed by atoms with Gasteiger partial charge in [0.05, 0.1) is 6.61 Å². The summed E-state index contributed by atoms with van der Waals surface area (Å²) in [6.45, 7) is 2.98. The van der Waals surface area contributed by atoms with Crippen molar-refractivity contribution in [3.63, 3.8) is 0 Å². The number of ketones is 1. The zero-order valence-corrected chi connectivity index (χ0v) is 9.43. The predicted molar refractivity (Wildman–Crippen MR) is 59.3 cm³/mol. The average molecular weight is 224 g/mol. The van der Waals surface area contributed by atoms with Gasteiger partial charge in [0.1, 0.15) is 18.0 Å². The Morgan fingerprint density at radius 3 is 2.38 bits per heavy atom. The Morgan fingerprint density at radius 2 is 1.94 bits per heavy atom. The zero-order valence-electron chi connectivity index (χ0n) is 9.43. The molecule has 0 saturated carbocycles. The lowest BCUT2D eigenvalue weighted by Gasteiger charge is -2.20. The molecule has 0 aliphatic heterocycles. The standard InChI is InChI=1S/C12H16O4/c1-9(14)12(2,15)10-3-5-11(6-4-10)16-8-7-13/h3-6,13,15H,7-8H2,1-2H3. The molecular weight excluding hydrogens is 208 g/mol. The average Bonchev–Trinajstić information content (AvgIpc) is 2.26. The van der Waals surface area contributed by atoms with Crippen LogP contribution in [-0.4, -0.2) is 29.2 Å². The highest BCUT2D eigenvalue weighted by atomic mass is 16.5. The van der Waals surface area contributed by atoms with Crippen LogP contribution in [-0.2, 0) is 10.4 Å². The third kappa shape index (κ3) is 2.81. The lowest BCUT2D eigenvalue weighted by Crippen LogP contribution is -2.29. The van der Waals surface area contributed by atoms with E-state index in [9.17, 15) is 9.90 Å². The van der Waals surface area contributed by atoms with Gasteiger partial charge in [-0.25, -0.2) is 0 Å². The number of aliphatic hydroxyl groups is 2. The summed E-state index contributed by atoms with van der Waals surface area (Å²) in [5, 5.41) is 18.5. The number of carbonyl (C=O) groups is 1. The fraction of sp³-hybridized carbons (Fsp3) is 0.417. The molecule has 0 amide bonds. The molecule has 0 fully saturated rings. The van der Waals surface area contributed by atoms with Crippen molar-refractivity contribution in [3.05, 3.63) is 29.8 Å². The van der Waals surface area contributed by atoms with Gasteiger partial charge in [-0.15, -0.1) is 0 Å². The Hall–Kier alpha value is -1.39. The summed E-state index contributed by atoms with van der Waals surface area (Å²) in [7, 11) is 0. The van der Waals surface area contributed by atoms with Gasteiger partial charge in [-0.05, 0) is 31.5 Å². The maximum absolute atomic E-state index is 11.2. The van der Waals surface area contributed by atoms with E-state index in [1.807, 2.05) is 0 Å². The van der Waals surface area contributed by atoms with Crippen LogP contribution in [0.5, 0.6) is 5.75 Å². The van der Waals surface area contributed by atoms with Crippen molar-refractivity contribution in [1.29, 1.82) is 0 Å². The van der Waals surface area contributed by atoms with E-state index in [4.69, 9.17) is 9.84 Å². The highest BCUT2D eigenvalue weighted by molar-refractivity contribution is 5.85. The fourth-order valence-electron chi connectivity index (χ4n) is 1.24. The SMILES string of the molecule is CC(=O)C(C)(O)c1ccc(OCCO)cc1. The van der Waals surface area contributed by atoms with Gasteiger partial charge in [0.2, 0.25) is 0 Å². The maximum Gasteiger partial charge on any atom is 0.165 e. The monoisotopic (exact) mass is 224 g/mol. The molecule has 1 aromatic rings. The molecule has 4 heteroatoms. The molecule has 0 bridgehead atoms. The quantitative estimate of drug-likeness (QED) is 0.778. The number of ether oxygens (including phenoxy) is 1. The highest BCUT2D eigenvalue weighted by Gasteiger charge is 2.28. The number of hydrogen-bond donors (Lipinski definition) is 2. The van der Waals surface area contributed by atoms with E-state index in [1.165, 1.54) is 13.8 Å². The van der Waals surface area contributed by atoms with E-state index in [2.05, 4.69) is 0 Å². The minimum absolute atomic E-state index is 0.0487. The molecule has 0 aliphatic rings. The largest absolute Gasteiger partial charge is 0.491 e. The van der Waals surface area contributed by atoms with Crippen molar-refractivity contribution >= 4 is 5.78 Å². The third-order valence-electron chi connectivity index (χ3n) is 2.46. The van der Waals surface area contributed by atoms with Crippen molar-refractivity contribution in [2.75, 3.05) is 13.2 Å². The van der Waals surface area contributed by atoms with Crippen molar-refractivity contribution in [3.8, 4) is 5.75 Å². The molecule has 16 heavy (non-hydrogen) atoms. The fourth-order valence-corrected chi connectivity index (χ4v) is 1.24. The first-order chi connectivity index (χ1) is 7.48. The molecule has 0 radical (unpaired) electrons. The Bertz CT molecular complexity index is 354. The zero-order chi connectivity index (χ0) is 12.2. The second-order valence-corrected chi connectivity index (χ2v) is 3.72. The smallest absolute Gasteiger partial charge is 0.165 e. The van der Waals surface area contributed by atoms with Gasteiger partial charge in [0.15, 0.2) is 5.78 Å². The summed E-state index contributed by atoms with van der Waals surface area (Å²) in [6, 6.07) is 6.58. The van der Waals surface area contributed by atoms with E-state index in [0.717, 1.165) is 0 Å². The van der Waals surface area contributed by atoms with Crippen molar-refractivity contribution in [1.82, 2.24) is 0 Å². The van der Waals surface area contributed by atoms with Gasteiger partial charge in [0, 0.05) is 0 Å². The van der Waals surface area contributed by atoms with Gasteiger partial charge in [-0.2, -0.15) is 0 Å². The minimum atomic E-state index is -1.46. The number of benzene rings is 1. The summed E-state index contributed by atoms with van der Waals surface area (Å²) in [5.41, 5.74) is -0.938. The van der Waals surface area contributed by atoms with Crippen LogP contribution in [0.25, 0.3) is 0 Å². The predicted octanol–water partition coefficient (Wildman–Crippen LogP) is 0.854. The summed E-state index contributed by atoms with van der Waals surface area (Å²) in [4.78, 5) is 11.2. The molecule has 0 aliphatic carbocycles. The minimum Gasteiger partial charge on any atom is -0.491 e. The summed E-state index contributed by atoms with van der Waals surface area (Å²) < 4.78 is 5.17. The number of carbonyl (C=O) groups excluding carboxylic acids is 1. The van der Waals surface area contributed by atoms with Crippen LogP contribution in [0.3, 0.4) is 0 Å². The van der Waals surface area contributed by atoms with Crippen LogP contribution >= 0.6 is 0 Å². The van der Waals surface area contributed by atoms with Gasteiger partial charge < -0.3 is 14.9 Å². The van der Waals surface area contributed by atoms with E-state index < -0.39 is 5.60 Å². The molecule has 1 unspecified atom stereocenters. The molecule has 1 rings (SSSR count). The number of hydrogen-bond acceptors (Lipinski definition) is 4. The molecule has 0 heterocycles. The van der Waals surface area contributed by atoms with Crippen molar-refractivity contribution in [2.24, 2.45) is 0 Å². The Kier molecular flexibility index (Phi) is 4.04. The first-order valence-corrected chi connectivity index (χ1v) is 5.06. The number of rotatable bonds is 5. The molecule has 88 valence electrons. The second kappa shape index (κ2) is 5.09.